The van der Waals surface area contributed by atoms with Gasteiger partial charge < -0.3 is 20.5 Å². The van der Waals surface area contributed by atoms with E-state index >= 15 is 0 Å². The Hall–Kier alpha value is -2.57. The zero-order chi connectivity index (χ0) is 16.0. The van der Waals surface area contributed by atoms with Crippen LogP contribution in [0.2, 0.25) is 0 Å². The van der Waals surface area contributed by atoms with E-state index in [2.05, 4.69) is 10.6 Å². The number of ether oxygens (including phenoxy) is 1. The molecule has 0 saturated heterocycles. The van der Waals surface area contributed by atoms with Crippen LogP contribution in [0.4, 0.5) is 5.69 Å². The number of carbonyl (C=O) groups is 3. The van der Waals surface area contributed by atoms with Crippen LogP contribution in [-0.4, -0.2) is 35.5 Å². The molecule has 1 atom stereocenters. The number of benzene rings is 1. The maximum Gasteiger partial charge on any atom is 0.341 e. The summed E-state index contributed by atoms with van der Waals surface area (Å²) in [7, 11) is 0. The fraction of sp³-hybridized carbons (Fsp3) is 0.357. The van der Waals surface area contributed by atoms with Crippen LogP contribution in [0.5, 0.6) is 5.75 Å². The average Bonchev–Trinajstić information content (AvgIpc) is 2.38. The minimum atomic E-state index is -1.06. The van der Waals surface area contributed by atoms with E-state index in [1.807, 2.05) is 0 Å². The molecule has 3 N–H and O–H groups in total. The minimum absolute atomic E-state index is 0.285. The number of nitrogens with one attached hydrogen (secondary N) is 2. The molecule has 0 saturated carbocycles. The molecule has 1 unspecified atom stereocenters. The third kappa shape index (κ3) is 5.52. The standard InChI is InChI=1S/C14H18N2O5/c1-8-6-11(21-7-13(18)19)4-5-12(8)16-14(20)9(2)15-10(3)17/h4-6,9H,7H2,1-3H3,(H,15,17)(H,16,20)(H,18,19). The molecule has 2 amide bonds. The molecular formula is C14H18N2O5. The lowest BCUT2D eigenvalue weighted by Crippen LogP contribution is -2.40. The van der Waals surface area contributed by atoms with E-state index in [1.165, 1.54) is 6.92 Å². The Morgan fingerprint density at radius 2 is 2.00 bits per heavy atom. The third-order valence-corrected chi connectivity index (χ3v) is 2.63. The van der Waals surface area contributed by atoms with Gasteiger partial charge in [-0.15, -0.1) is 0 Å². The number of hydrogen-bond acceptors (Lipinski definition) is 4. The van der Waals surface area contributed by atoms with Gasteiger partial charge >= 0.3 is 5.97 Å². The maximum absolute atomic E-state index is 11.9. The van der Waals surface area contributed by atoms with Crippen LogP contribution >= 0.6 is 0 Å². The van der Waals surface area contributed by atoms with Crippen molar-refractivity contribution >= 4 is 23.5 Å². The average molecular weight is 294 g/mol. The fourth-order valence-electron chi connectivity index (χ4n) is 1.62. The van der Waals surface area contributed by atoms with Gasteiger partial charge in [-0.3, -0.25) is 9.59 Å². The first-order valence-corrected chi connectivity index (χ1v) is 6.33. The number of aliphatic carboxylic acids is 1. The second-order valence-corrected chi connectivity index (χ2v) is 4.57. The molecule has 1 aromatic rings. The molecule has 0 spiro atoms. The second kappa shape index (κ2) is 7.28. The van der Waals surface area contributed by atoms with E-state index in [4.69, 9.17) is 9.84 Å². The molecule has 0 aliphatic heterocycles. The van der Waals surface area contributed by atoms with Crippen LogP contribution in [0.25, 0.3) is 0 Å². The first-order chi connectivity index (χ1) is 9.79. The summed E-state index contributed by atoms with van der Waals surface area (Å²) in [5.41, 5.74) is 1.29. The van der Waals surface area contributed by atoms with Crippen LogP contribution in [0.3, 0.4) is 0 Å². The smallest absolute Gasteiger partial charge is 0.341 e. The number of anilines is 1. The maximum atomic E-state index is 11.9. The summed E-state index contributed by atoms with van der Waals surface area (Å²) >= 11 is 0. The Balaban J connectivity index is 2.70. The molecule has 21 heavy (non-hydrogen) atoms. The molecular weight excluding hydrogens is 276 g/mol. The zero-order valence-electron chi connectivity index (χ0n) is 12.1. The van der Waals surface area contributed by atoms with Crippen LogP contribution in [-0.2, 0) is 14.4 Å². The number of carboxylic acid groups (broad SMARTS) is 1. The van der Waals surface area contributed by atoms with Crippen molar-refractivity contribution in [2.75, 3.05) is 11.9 Å². The molecule has 1 rings (SSSR count). The minimum Gasteiger partial charge on any atom is -0.482 e. The second-order valence-electron chi connectivity index (χ2n) is 4.57. The SMILES string of the molecule is CC(=O)NC(C)C(=O)Nc1ccc(OCC(=O)O)cc1C. The number of rotatable bonds is 6. The van der Waals surface area contributed by atoms with Gasteiger partial charge in [0.2, 0.25) is 11.8 Å². The highest BCUT2D eigenvalue weighted by atomic mass is 16.5. The summed E-state index contributed by atoms with van der Waals surface area (Å²) in [5.74, 6) is -1.28. The lowest BCUT2D eigenvalue weighted by atomic mass is 10.2. The lowest BCUT2D eigenvalue weighted by Gasteiger charge is -2.15. The number of carboxylic acids is 1. The summed E-state index contributed by atoms with van der Waals surface area (Å²) in [6.45, 7) is 4.25. The Bertz CT molecular complexity index is 556. The third-order valence-electron chi connectivity index (χ3n) is 2.63. The molecule has 0 fully saturated rings. The van der Waals surface area contributed by atoms with Gasteiger partial charge in [0.25, 0.3) is 0 Å². The first-order valence-electron chi connectivity index (χ1n) is 6.33. The quantitative estimate of drug-likeness (QED) is 0.723. The monoisotopic (exact) mass is 294 g/mol. The van der Waals surface area contributed by atoms with Gasteiger partial charge in [-0.25, -0.2) is 4.79 Å². The van der Waals surface area contributed by atoms with Gasteiger partial charge in [0.05, 0.1) is 0 Å². The van der Waals surface area contributed by atoms with E-state index in [9.17, 15) is 14.4 Å². The topological polar surface area (TPSA) is 105 Å². The molecule has 0 aliphatic carbocycles. The first kappa shape index (κ1) is 16.5. The zero-order valence-corrected chi connectivity index (χ0v) is 12.1. The van der Waals surface area contributed by atoms with Crippen molar-refractivity contribution in [2.45, 2.75) is 26.8 Å². The van der Waals surface area contributed by atoms with Crippen molar-refractivity contribution in [2.24, 2.45) is 0 Å². The van der Waals surface area contributed by atoms with Crippen molar-refractivity contribution in [3.8, 4) is 5.75 Å². The van der Waals surface area contributed by atoms with E-state index in [0.29, 0.717) is 11.4 Å². The highest BCUT2D eigenvalue weighted by Gasteiger charge is 2.14. The summed E-state index contributed by atoms with van der Waals surface area (Å²) < 4.78 is 5.04. The van der Waals surface area contributed by atoms with Crippen molar-refractivity contribution in [3.63, 3.8) is 0 Å². The highest BCUT2D eigenvalue weighted by molar-refractivity contribution is 5.97. The lowest BCUT2D eigenvalue weighted by molar-refractivity contribution is -0.139. The van der Waals surface area contributed by atoms with E-state index in [1.54, 1.807) is 32.0 Å². The Morgan fingerprint density at radius 3 is 2.52 bits per heavy atom. The summed E-state index contributed by atoms with van der Waals surface area (Å²) in [5, 5.41) is 13.7. The Morgan fingerprint density at radius 1 is 1.33 bits per heavy atom. The van der Waals surface area contributed by atoms with Crippen molar-refractivity contribution in [3.05, 3.63) is 23.8 Å². The van der Waals surface area contributed by atoms with Crippen molar-refractivity contribution in [1.82, 2.24) is 5.32 Å². The highest BCUT2D eigenvalue weighted by Crippen LogP contribution is 2.21. The fourth-order valence-corrected chi connectivity index (χ4v) is 1.62. The molecule has 0 heterocycles. The van der Waals surface area contributed by atoms with Gasteiger partial charge in [-0.2, -0.15) is 0 Å². The normalized spacial score (nSPS) is 11.4. The van der Waals surface area contributed by atoms with E-state index < -0.39 is 18.6 Å². The molecule has 7 nitrogen and oxygen atoms in total. The molecule has 114 valence electrons. The largest absolute Gasteiger partial charge is 0.482 e. The summed E-state index contributed by atoms with van der Waals surface area (Å²) in [6, 6.07) is 4.16. The number of carbonyl (C=O) groups excluding carboxylic acids is 2. The van der Waals surface area contributed by atoms with Crippen LogP contribution < -0.4 is 15.4 Å². The van der Waals surface area contributed by atoms with E-state index in [0.717, 1.165) is 5.56 Å². The van der Waals surface area contributed by atoms with Gasteiger partial charge in [0, 0.05) is 12.6 Å². The number of aryl methyl sites for hydroxylation is 1. The van der Waals surface area contributed by atoms with Gasteiger partial charge in [0.15, 0.2) is 6.61 Å². The predicted octanol–water partition coefficient (Wildman–Crippen LogP) is 0.922. The Labute approximate surface area is 122 Å². The van der Waals surface area contributed by atoms with Crippen molar-refractivity contribution in [1.29, 1.82) is 0 Å². The van der Waals surface area contributed by atoms with Gasteiger partial charge in [-0.1, -0.05) is 0 Å². The molecule has 7 heteroatoms. The van der Waals surface area contributed by atoms with Crippen LogP contribution in [0, 0.1) is 6.92 Å². The predicted molar refractivity (Wildman–Crippen MR) is 76.2 cm³/mol. The van der Waals surface area contributed by atoms with Crippen LogP contribution in [0.15, 0.2) is 18.2 Å². The summed E-state index contributed by atoms with van der Waals surface area (Å²) in [4.78, 5) is 33.2. The molecule has 0 aromatic heterocycles. The molecule has 0 aliphatic rings. The molecule has 0 bridgehead atoms. The van der Waals surface area contributed by atoms with Gasteiger partial charge in [-0.05, 0) is 37.6 Å². The van der Waals surface area contributed by atoms with Crippen LogP contribution in [0.1, 0.15) is 19.4 Å². The summed E-state index contributed by atoms with van der Waals surface area (Å²) in [6.07, 6.45) is 0. The number of hydrogen-bond donors (Lipinski definition) is 3. The Kier molecular flexibility index (Phi) is 5.71. The van der Waals surface area contributed by atoms with Crippen molar-refractivity contribution < 1.29 is 24.2 Å². The van der Waals surface area contributed by atoms with Gasteiger partial charge in [0.1, 0.15) is 11.8 Å². The molecule has 1 aromatic carbocycles. The molecule has 0 radical (unpaired) electrons. The number of amides is 2. The van der Waals surface area contributed by atoms with E-state index in [-0.39, 0.29) is 11.8 Å².